The molecule has 0 atom stereocenters. The van der Waals surface area contributed by atoms with Gasteiger partial charge in [-0.3, -0.25) is 19.3 Å². The molecule has 0 unspecified atom stereocenters. The normalized spacial score (nSPS) is 14.9. The highest BCUT2D eigenvalue weighted by Crippen LogP contribution is 2.34. The molecule has 30 heavy (non-hydrogen) atoms. The Labute approximate surface area is 191 Å². The Morgan fingerprint density at radius 2 is 1.83 bits per heavy atom. The van der Waals surface area contributed by atoms with Crippen LogP contribution in [0, 0.1) is 3.57 Å². The van der Waals surface area contributed by atoms with E-state index in [1.807, 2.05) is 24.3 Å². The van der Waals surface area contributed by atoms with Crippen molar-refractivity contribution in [3.63, 3.8) is 0 Å². The summed E-state index contributed by atoms with van der Waals surface area (Å²) in [6, 6.07) is 13.2. The zero-order valence-electron chi connectivity index (χ0n) is 16.2. The number of benzene rings is 2. The molecule has 0 saturated carbocycles. The van der Waals surface area contributed by atoms with Gasteiger partial charge in [0.05, 0.1) is 19.1 Å². The second kappa shape index (κ2) is 9.98. The number of nitrogens with zero attached hydrogens (tertiary/aromatic N) is 1. The minimum Gasteiger partial charge on any atom is -0.493 e. The molecule has 0 bridgehead atoms. The molecule has 3 rings (SSSR count). The van der Waals surface area contributed by atoms with E-state index in [1.165, 1.54) is 14.2 Å². The van der Waals surface area contributed by atoms with Crippen molar-refractivity contribution in [1.29, 1.82) is 0 Å². The standard InChI is InChI=1S/C21H18INO6S/c1-27-17-9-14(5-8-16(17)29-12-13-3-6-15(22)7-4-13)10-18-20(25)23(21(26)30-18)11-19(24)28-2/h3-10H,11-12H2,1-2H3/b18-10-. The molecule has 1 aliphatic heterocycles. The SMILES string of the molecule is COC(=O)CN1C(=O)S/C(=C\c2ccc(OCc3ccc(I)cc3)c(OC)c2)C1=O. The predicted molar refractivity (Wildman–Crippen MR) is 121 cm³/mol. The number of thioether (sulfide) groups is 1. The second-order valence-electron chi connectivity index (χ2n) is 6.17. The van der Waals surface area contributed by atoms with Crippen LogP contribution in [-0.2, 0) is 20.9 Å². The van der Waals surface area contributed by atoms with E-state index < -0.39 is 23.7 Å². The molecule has 7 nitrogen and oxygen atoms in total. The Morgan fingerprint density at radius 3 is 2.50 bits per heavy atom. The Morgan fingerprint density at radius 1 is 1.10 bits per heavy atom. The first-order valence-corrected chi connectivity index (χ1v) is 10.7. The van der Waals surface area contributed by atoms with Crippen molar-refractivity contribution in [3.8, 4) is 11.5 Å². The van der Waals surface area contributed by atoms with E-state index in [4.69, 9.17) is 9.47 Å². The van der Waals surface area contributed by atoms with Gasteiger partial charge in [-0.2, -0.15) is 0 Å². The Balaban J connectivity index is 1.74. The van der Waals surface area contributed by atoms with Crippen LogP contribution in [0.15, 0.2) is 47.4 Å². The molecule has 0 aromatic heterocycles. The van der Waals surface area contributed by atoms with Crippen LogP contribution in [0.4, 0.5) is 4.79 Å². The summed E-state index contributed by atoms with van der Waals surface area (Å²) in [6.07, 6.45) is 1.58. The van der Waals surface area contributed by atoms with Crippen molar-refractivity contribution in [1.82, 2.24) is 4.90 Å². The molecular weight excluding hydrogens is 521 g/mol. The molecule has 2 aromatic carbocycles. The zero-order valence-corrected chi connectivity index (χ0v) is 19.2. The number of hydrogen-bond acceptors (Lipinski definition) is 7. The Kier molecular flexibility index (Phi) is 7.38. The van der Waals surface area contributed by atoms with Gasteiger partial charge in [-0.15, -0.1) is 0 Å². The molecule has 156 valence electrons. The maximum atomic E-state index is 12.4. The van der Waals surface area contributed by atoms with E-state index >= 15 is 0 Å². The molecule has 0 spiro atoms. The molecule has 2 amide bonds. The molecular formula is C21H18INO6S. The number of rotatable bonds is 7. The average Bonchev–Trinajstić information content (AvgIpc) is 3.00. The van der Waals surface area contributed by atoms with Crippen molar-refractivity contribution in [2.75, 3.05) is 20.8 Å². The van der Waals surface area contributed by atoms with Gasteiger partial charge in [0.1, 0.15) is 13.2 Å². The zero-order chi connectivity index (χ0) is 21.7. The third-order valence-corrected chi connectivity index (χ3v) is 5.81. The van der Waals surface area contributed by atoms with Crippen molar-refractivity contribution in [2.45, 2.75) is 6.61 Å². The van der Waals surface area contributed by atoms with E-state index in [1.54, 1.807) is 24.3 Å². The van der Waals surface area contributed by atoms with Gasteiger partial charge in [0.15, 0.2) is 11.5 Å². The smallest absolute Gasteiger partial charge is 0.325 e. The average molecular weight is 539 g/mol. The van der Waals surface area contributed by atoms with Crippen LogP contribution in [-0.4, -0.2) is 42.8 Å². The Bertz CT molecular complexity index is 1010. The van der Waals surface area contributed by atoms with Crippen LogP contribution in [0.5, 0.6) is 11.5 Å². The van der Waals surface area contributed by atoms with E-state index in [2.05, 4.69) is 27.3 Å². The monoisotopic (exact) mass is 539 g/mol. The number of ether oxygens (including phenoxy) is 3. The molecule has 1 aliphatic rings. The van der Waals surface area contributed by atoms with Gasteiger partial charge < -0.3 is 14.2 Å². The van der Waals surface area contributed by atoms with E-state index in [9.17, 15) is 14.4 Å². The third kappa shape index (κ3) is 5.33. The van der Waals surface area contributed by atoms with Gasteiger partial charge in [-0.1, -0.05) is 18.2 Å². The highest BCUT2D eigenvalue weighted by atomic mass is 127. The number of esters is 1. The molecule has 0 aliphatic carbocycles. The van der Waals surface area contributed by atoms with Crippen LogP contribution in [0.25, 0.3) is 6.08 Å². The number of methoxy groups -OCH3 is 2. The Hall–Kier alpha value is -2.53. The van der Waals surface area contributed by atoms with Crippen molar-refractivity contribution in [2.24, 2.45) is 0 Å². The summed E-state index contributed by atoms with van der Waals surface area (Å²) in [4.78, 5) is 36.9. The molecule has 0 radical (unpaired) electrons. The first-order valence-electron chi connectivity index (χ1n) is 8.78. The van der Waals surface area contributed by atoms with Gasteiger partial charge in [0, 0.05) is 3.57 Å². The lowest BCUT2D eigenvalue weighted by molar-refractivity contribution is -0.143. The molecule has 1 fully saturated rings. The fraction of sp³-hybridized carbons (Fsp3) is 0.190. The maximum Gasteiger partial charge on any atom is 0.325 e. The van der Waals surface area contributed by atoms with Crippen molar-refractivity contribution < 1.29 is 28.6 Å². The summed E-state index contributed by atoms with van der Waals surface area (Å²) < 4.78 is 16.9. The fourth-order valence-electron chi connectivity index (χ4n) is 2.62. The highest BCUT2D eigenvalue weighted by Gasteiger charge is 2.36. The minimum atomic E-state index is -0.658. The highest BCUT2D eigenvalue weighted by molar-refractivity contribution is 14.1. The first kappa shape index (κ1) is 22.2. The summed E-state index contributed by atoms with van der Waals surface area (Å²) in [5, 5.41) is -0.513. The van der Waals surface area contributed by atoms with Crippen molar-refractivity contribution in [3.05, 3.63) is 62.1 Å². The second-order valence-corrected chi connectivity index (χ2v) is 8.41. The molecule has 2 aromatic rings. The van der Waals surface area contributed by atoms with Crippen molar-refractivity contribution >= 4 is 57.5 Å². The number of amides is 2. The summed E-state index contributed by atoms with van der Waals surface area (Å²) in [6.45, 7) is -0.0216. The molecule has 1 heterocycles. The van der Waals surface area contributed by atoms with Gasteiger partial charge in [-0.25, -0.2) is 0 Å². The lowest BCUT2D eigenvalue weighted by atomic mass is 10.1. The topological polar surface area (TPSA) is 82.1 Å². The summed E-state index contributed by atoms with van der Waals surface area (Å²) >= 11 is 3.02. The van der Waals surface area contributed by atoms with Gasteiger partial charge >= 0.3 is 5.97 Å². The van der Waals surface area contributed by atoms with Crippen LogP contribution in [0.3, 0.4) is 0 Å². The molecule has 1 saturated heterocycles. The number of carbonyl (C=O) groups excluding carboxylic acids is 3. The van der Waals surface area contributed by atoms with Crippen LogP contribution in [0.2, 0.25) is 0 Å². The van der Waals surface area contributed by atoms with Crippen LogP contribution < -0.4 is 9.47 Å². The molecule has 0 N–H and O–H groups in total. The first-order chi connectivity index (χ1) is 14.4. The van der Waals surface area contributed by atoms with Crippen LogP contribution in [0.1, 0.15) is 11.1 Å². The predicted octanol–water partition coefficient (Wildman–Crippen LogP) is 4.09. The number of imide groups is 1. The summed E-state index contributed by atoms with van der Waals surface area (Å²) in [7, 11) is 2.73. The number of hydrogen-bond donors (Lipinski definition) is 0. The van der Waals surface area contributed by atoms with E-state index in [0.717, 1.165) is 25.8 Å². The molecule has 9 heteroatoms. The fourth-order valence-corrected chi connectivity index (χ4v) is 3.81. The summed E-state index contributed by atoms with van der Waals surface area (Å²) in [5.74, 6) is -0.127. The van der Waals surface area contributed by atoms with Crippen LogP contribution >= 0.6 is 34.4 Å². The quantitative estimate of drug-likeness (QED) is 0.298. The lowest BCUT2D eigenvalue weighted by Gasteiger charge is -2.12. The van der Waals surface area contributed by atoms with Gasteiger partial charge in [-0.05, 0) is 75.8 Å². The maximum absolute atomic E-state index is 12.4. The lowest BCUT2D eigenvalue weighted by Crippen LogP contribution is -2.34. The number of halogens is 1. The third-order valence-electron chi connectivity index (χ3n) is 4.18. The number of carbonyl (C=O) groups is 3. The van der Waals surface area contributed by atoms with E-state index in [0.29, 0.717) is 23.7 Å². The largest absolute Gasteiger partial charge is 0.493 e. The minimum absolute atomic E-state index is 0.221. The summed E-state index contributed by atoms with van der Waals surface area (Å²) in [5.41, 5.74) is 1.69. The van der Waals surface area contributed by atoms with E-state index in [-0.39, 0.29) is 4.91 Å². The van der Waals surface area contributed by atoms with Gasteiger partial charge in [0.2, 0.25) is 0 Å². The van der Waals surface area contributed by atoms with Gasteiger partial charge in [0.25, 0.3) is 11.1 Å².